The van der Waals surface area contributed by atoms with Crippen molar-refractivity contribution in [3.8, 4) is 11.1 Å². The molecule has 0 N–H and O–H groups in total. The molecule has 0 saturated carbocycles. The Morgan fingerprint density at radius 3 is 2.29 bits per heavy atom. The number of methoxy groups -OCH3 is 1. The fraction of sp³-hybridized carbons (Fsp3) is 0.364. The van der Waals surface area contributed by atoms with Crippen molar-refractivity contribution in [3.05, 3.63) is 42.1 Å². The predicted octanol–water partition coefficient (Wildman–Crippen LogP) is 2.75. The van der Waals surface area contributed by atoms with Crippen LogP contribution < -0.4 is 0 Å². The van der Waals surface area contributed by atoms with Crippen molar-refractivity contribution in [2.24, 2.45) is 0 Å². The lowest BCUT2D eigenvalue weighted by Gasteiger charge is -2.19. The highest BCUT2D eigenvalue weighted by Gasteiger charge is 2.20. The number of aromatic nitrogens is 4. The number of Topliss-reactive ketones (excluding diaryl/α,β-unsaturated/α-hetero) is 1. The minimum atomic E-state index is -0.614. The number of rotatable bonds is 6. The molecule has 0 aliphatic carbocycles. The van der Waals surface area contributed by atoms with E-state index in [1.165, 1.54) is 18.7 Å². The van der Waals surface area contributed by atoms with E-state index in [0.717, 1.165) is 5.56 Å². The molecule has 2 heterocycles. The Bertz CT molecular complexity index is 1140. The Hall–Kier alpha value is -3.62. The summed E-state index contributed by atoms with van der Waals surface area (Å²) >= 11 is 0. The SMILES string of the molecule is COC(=O)Cc1ncc(-c2ccc3c(c2)c(C(C)=O)nn3CC(=O)OC(C)(C)C)cn1. The van der Waals surface area contributed by atoms with Gasteiger partial charge in [-0.25, -0.2) is 9.97 Å². The van der Waals surface area contributed by atoms with E-state index in [-0.39, 0.29) is 24.4 Å². The second-order valence-corrected chi connectivity index (χ2v) is 8.02. The molecule has 0 spiro atoms. The highest BCUT2D eigenvalue weighted by Crippen LogP contribution is 2.27. The van der Waals surface area contributed by atoms with Crippen LogP contribution in [0.4, 0.5) is 0 Å². The second kappa shape index (κ2) is 8.63. The normalized spacial score (nSPS) is 11.4. The van der Waals surface area contributed by atoms with Gasteiger partial charge in [-0.15, -0.1) is 0 Å². The van der Waals surface area contributed by atoms with Gasteiger partial charge in [0.05, 0.1) is 12.6 Å². The fourth-order valence-electron chi connectivity index (χ4n) is 3.03. The van der Waals surface area contributed by atoms with E-state index in [0.29, 0.717) is 22.3 Å². The third-order valence-corrected chi connectivity index (χ3v) is 4.35. The maximum absolute atomic E-state index is 12.3. The van der Waals surface area contributed by atoms with Crippen LogP contribution in [0.3, 0.4) is 0 Å². The smallest absolute Gasteiger partial charge is 0.328 e. The Kier molecular flexibility index (Phi) is 6.14. The molecule has 0 unspecified atom stereocenters. The molecule has 0 amide bonds. The van der Waals surface area contributed by atoms with E-state index in [4.69, 9.17) is 4.74 Å². The maximum Gasteiger partial charge on any atom is 0.328 e. The largest absolute Gasteiger partial charge is 0.469 e. The summed E-state index contributed by atoms with van der Waals surface area (Å²) in [6.45, 7) is 6.69. The number of ether oxygens (including phenoxy) is 2. The van der Waals surface area contributed by atoms with E-state index < -0.39 is 17.5 Å². The molecular formula is C22H24N4O5. The van der Waals surface area contributed by atoms with Gasteiger partial charge >= 0.3 is 11.9 Å². The molecule has 9 heteroatoms. The van der Waals surface area contributed by atoms with E-state index in [2.05, 4.69) is 19.8 Å². The summed E-state index contributed by atoms with van der Waals surface area (Å²) < 4.78 is 11.5. The van der Waals surface area contributed by atoms with Crippen molar-refractivity contribution in [1.29, 1.82) is 0 Å². The molecule has 0 saturated heterocycles. The number of ketones is 1. The summed E-state index contributed by atoms with van der Waals surface area (Å²) in [6, 6.07) is 5.43. The zero-order valence-corrected chi connectivity index (χ0v) is 18.1. The first-order chi connectivity index (χ1) is 14.6. The van der Waals surface area contributed by atoms with Crippen LogP contribution in [0.1, 0.15) is 44.0 Å². The average Bonchev–Trinajstić information content (AvgIpc) is 3.05. The van der Waals surface area contributed by atoms with Crippen LogP contribution in [-0.2, 0) is 32.0 Å². The van der Waals surface area contributed by atoms with Gasteiger partial charge in [0.2, 0.25) is 0 Å². The molecule has 2 aromatic heterocycles. The molecule has 0 radical (unpaired) electrons. The maximum atomic E-state index is 12.3. The van der Waals surface area contributed by atoms with Gasteiger partial charge in [0.1, 0.15) is 30.1 Å². The summed E-state index contributed by atoms with van der Waals surface area (Å²) in [4.78, 5) is 44.2. The zero-order chi connectivity index (χ0) is 22.8. The first-order valence-corrected chi connectivity index (χ1v) is 9.69. The molecule has 0 aliphatic rings. The number of hydrogen-bond acceptors (Lipinski definition) is 8. The van der Waals surface area contributed by atoms with Crippen molar-refractivity contribution in [2.45, 2.75) is 46.3 Å². The third-order valence-electron chi connectivity index (χ3n) is 4.35. The lowest BCUT2D eigenvalue weighted by atomic mass is 10.0. The molecule has 0 bridgehead atoms. The van der Waals surface area contributed by atoms with E-state index in [1.54, 1.807) is 39.2 Å². The first kappa shape index (κ1) is 22.1. The Labute approximate surface area is 179 Å². The monoisotopic (exact) mass is 424 g/mol. The van der Waals surface area contributed by atoms with Gasteiger partial charge in [-0.2, -0.15) is 5.10 Å². The number of fused-ring (bicyclic) bond motifs is 1. The average molecular weight is 424 g/mol. The molecule has 31 heavy (non-hydrogen) atoms. The van der Waals surface area contributed by atoms with Crippen LogP contribution in [0.5, 0.6) is 0 Å². The number of nitrogens with zero attached hydrogens (tertiary/aromatic N) is 4. The molecule has 162 valence electrons. The third kappa shape index (κ3) is 5.30. The standard InChI is InChI=1S/C22H24N4O5/c1-13(27)21-16-8-14(15-10-23-18(24-11-15)9-19(28)30-5)6-7-17(16)26(25-21)12-20(29)31-22(2,3)4/h6-8,10-11H,9,12H2,1-5H3. The summed E-state index contributed by atoms with van der Waals surface area (Å²) in [6.07, 6.45) is 3.19. The van der Waals surface area contributed by atoms with Crippen LogP contribution in [0.2, 0.25) is 0 Å². The fourth-order valence-corrected chi connectivity index (χ4v) is 3.03. The molecule has 0 fully saturated rings. The first-order valence-electron chi connectivity index (χ1n) is 9.69. The van der Waals surface area contributed by atoms with Gasteiger partial charge in [-0.1, -0.05) is 6.07 Å². The van der Waals surface area contributed by atoms with Crippen LogP contribution in [-0.4, -0.2) is 50.2 Å². The number of carbonyl (C=O) groups is 3. The molecule has 9 nitrogen and oxygen atoms in total. The van der Waals surface area contributed by atoms with Crippen molar-refractivity contribution < 1.29 is 23.9 Å². The van der Waals surface area contributed by atoms with Crippen LogP contribution in [0.25, 0.3) is 22.0 Å². The van der Waals surface area contributed by atoms with Crippen LogP contribution >= 0.6 is 0 Å². The number of hydrogen-bond donors (Lipinski definition) is 0. The van der Waals surface area contributed by atoms with E-state index in [9.17, 15) is 14.4 Å². The highest BCUT2D eigenvalue weighted by atomic mass is 16.6. The molecule has 0 atom stereocenters. The van der Waals surface area contributed by atoms with Crippen molar-refractivity contribution in [2.75, 3.05) is 7.11 Å². The van der Waals surface area contributed by atoms with Gasteiger partial charge < -0.3 is 9.47 Å². The molecule has 3 aromatic rings. The van der Waals surface area contributed by atoms with Crippen LogP contribution in [0, 0.1) is 0 Å². The van der Waals surface area contributed by atoms with Gasteiger partial charge in [0.25, 0.3) is 0 Å². The number of benzene rings is 1. The van der Waals surface area contributed by atoms with Gasteiger partial charge in [0, 0.05) is 30.3 Å². The van der Waals surface area contributed by atoms with Crippen molar-refractivity contribution >= 4 is 28.6 Å². The Morgan fingerprint density at radius 1 is 1.03 bits per heavy atom. The summed E-state index contributed by atoms with van der Waals surface area (Å²) in [5.41, 5.74) is 1.78. The lowest BCUT2D eigenvalue weighted by Crippen LogP contribution is -2.26. The molecule has 0 aliphatic heterocycles. The topological polar surface area (TPSA) is 113 Å². The predicted molar refractivity (Wildman–Crippen MR) is 112 cm³/mol. The minimum Gasteiger partial charge on any atom is -0.469 e. The van der Waals surface area contributed by atoms with Gasteiger partial charge in [-0.05, 0) is 38.5 Å². The van der Waals surface area contributed by atoms with Crippen molar-refractivity contribution in [1.82, 2.24) is 19.7 Å². The van der Waals surface area contributed by atoms with Crippen LogP contribution in [0.15, 0.2) is 30.6 Å². The lowest BCUT2D eigenvalue weighted by molar-refractivity contribution is -0.155. The molecule has 3 rings (SSSR count). The van der Waals surface area contributed by atoms with Gasteiger partial charge in [0.15, 0.2) is 5.78 Å². The number of esters is 2. The second-order valence-electron chi connectivity index (χ2n) is 8.02. The summed E-state index contributed by atoms with van der Waals surface area (Å²) in [7, 11) is 1.31. The summed E-state index contributed by atoms with van der Waals surface area (Å²) in [5.74, 6) is -0.718. The van der Waals surface area contributed by atoms with E-state index >= 15 is 0 Å². The Morgan fingerprint density at radius 2 is 1.71 bits per heavy atom. The zero-order valence-electron chi connectivity index (χ0n) is 18.1. The summed E-state index contributed by atoms with van der Waals surface area (Å²) in [5, 5.41) is 4.95. The van der Waals surface area contributed by atoms with Gasteiger partial charge in [-0.3, -0.25) is 19.1 Å². The van der Waals surface area contributed by atoms with Crippen molar-refractivity contribution in [3.63, 3.8) is 0 Å². The highest BCUT2D eigenvalue weighted by molar-refractivity contribution is 6.06. The quantitative estimate of drug-likeness (QED) is 0.438. The molecule has 1 aromatic carbocycles. The van der Waals surface area contributed by atoms with E-state index in [1.807, 2.05) is 12.1 Å². The number of carbonyl (C=O) groups excluding carboxylic acids is 3. The molecular weight excluding hydrogens is 400 g/mol. The minimum absolute atomic E-state index is 0.0122. The Balaban J connectivity index is 1.94.